The normalized spacial score (nSPS) is 12.6. The van der Waals surface area contributed by atoms with Gasteiger partial charge < -0.3 is 14.9 Å². The Kier molecular flexibility index (Phi) is 5.99. The summed E-state index contributed by atoms with van der Waals surface area (Å²) in [5.41, 5.74) is 0.405. The van der Waals surface area contributed by atoms with Gasteiger partial charge >= 0.3 is 5.97 Å². The highest BCUT2D eigenvalue weighted by atomic mass is 16.7. The molecule has 3 heterocycles. The molecule has 1 N–H and O–H groups in total. The Hall–Kier alpha value is -4.34. The molecular weight excluding hydrogens is 428 g/mol. The molecule has 0 bridgehead atoms. The van der Waals surface area contributed by atoms with Crippen molar-refractivity contribution in [2.75, 3.05) is 12.4 Å². The minimum absolute atomic E-state index is 0.0944. The lowest BCUT2D eigenvalue weighted by molar-refractivity contribution is -0.116. The average molecular weight is 448 g/mol. The number of anilines is 1. The number of methoxy groups -OCH3 is 1. The Morgan fingerprint density at radius 1 is 1.03 bits per heavy atom. The first-order valence-corrected chi connectivity index (χ1v) is 10.3. The number of amides is 3. The first-order valence-electron chi connectivity index (χ1n) is 10.3. The summed E-state index contributed by atoms with van der Waals surface area (Å²) in [5.74, 6) is -2.37. The lowest BCUT2D eigenvalue weighted by atomic mass is 10.1. The number of esters is 1. The highest BCUT2D eigenvalue weighted by Crippen LogP contribution is 2.28. The zero-order valence-corrected chi connectivity index (χ0v) is 18.0. The van der Waals surface area contributed by atoms with Crippen molar-refractivity contribution in [1.82, 2.24) is 15.0 Å². The standard InChI is InChI=1S/C23H20N4O6/c1-3-4-9-18(28)24-17-11-10-13-12-16(23(31)32-2)20(26-19(13)25-17)33-27-21(29)14-7-5-6-8-15(14)22(27)30/h5-8,10-12H,3-4,9H2,1-2H3,(H,24,25,26,28). The van der Waals surface area contributed by atoms with Gasteiger partial charge in [0.25, 0.3) is 17.7 Å². The first-order chi connectivity index (χ1) is 15.9. The van der Waals surface area contributed by atoms with Gasteiger partial charge in [0.1, 0.15) is 11.4 Å². The number of carbonyl (C=O) groups excluding carboxylic acids is 4. The first kappa shape index (κ1) is 21.9. The predicted octanol–water partition coefficient (Wildman–Crippen LogP) is 3.14. The molecule has 0 spiro atoms. The molecule has 3 amide bonds. The molecule has 0 saturated heterocycles. The van der Waals surface area contributed by atoms with E-state index in [9.17, 15) is 19.2 Å². The van der Waals surface area contributed by atoms with E-state index in [1.165, 1.54) is 25.3 Å². The van der Waals surface area contributed by atoms with Crippen molar-refractivity contribution >= 4 is 40.5 Å². The maximum atomic E-state index is 12.7. The molecule has 0 aliphatic carbocycles. The summed E-state index contributed by atoms with van der Waals surface area (Å²) in [6, 6.07) is 10.9. The quantitative estimate of drug-likeness (QED) is 0.431. The topological polar surface area (TPSA) is 128 Å². The number of aromatic nitrogens is 2. The molecule has 1 aliphatic heterocycles. The van der Waals surface area contributed by atoms with Crippen LogP contribution >= 0.6 is 0 Å². The largest absolute Gasteiger partial charge is 0.465 e. The number of unbranched alkanes of at least 4 members (excludes halogenated alkanes) is 1. The van der Waals surface area contributed by atoms with Crippen LogP contribution in [0.1, 0.15) is 57.3 Å². The number of nitrogens with zero attached hydrogens (tertiary/aromatic N) is 3. The molecule has 2 aromatic heterocycles. The zero-order valence-electron chi connectivity index (χ0n) is 18.0. The number of hydrogen-bond donors (Lipinski definition) is 1. The number of hydrogen-bond acceptors (Lipinski definition) is 8. The van der Waals surface area contributed by atoms with Crippen molar-refractivity contribution in [2.45, 2.75) is 26.2 Å². The molecule has 33 heavy (non-hydrogen) atoms. The maximum Gasteiger partial charge on any atom is 0.343 e. The van der Waals surface area contributed by atoms with E-state index < -0.39 is 17.8 Å². The molecule has 168 valence electrons. The lowest BCUT2D eigenvalue weighted by Gasteiger charge is -2.16. The summed E-state index contributed by atoms with van der Waals surface area (Å²) in [5, 5.41) is 3.71. The van der Waals surface area contributed by atoms with Gasteiger partial charge in [0.05, 0.1) is 18.2 Å². The minimum Gasteiger partial charge on any atom is -0.465 e. The van der Waals surface area contributed by atoms with Crippen molar-refractivity contribution < 1.29 is 28.8 Å². The Bertz CT molecular complexity index is 1250. The third-order valence-electron chi connectivity index (χ3n) is 5.01. The molecule has 10 nitrogen and oxygen atoms in total. The van der Waals surface area contributed by atoms with E-state index in [2.05, 4.69) is 15.3 Å². The van der Waals surface area contributed by atoms with E-state index in [0.717, 1.165) is 12.8 Å². The number of imide groups is 1. The fourth-order valence-electron chi connectivity index (χ4n) is 3.31. The van der Waals surface area contributed by atoms with Crippen LogP contribution in [0.5, 0.6) is 5.88 Å². The summed E-state index contributed by atoms with van der Waals surface area (Å²) in [7, 11) is 1.19. The molecule has 0 fully saturated rings. The van der Waals surface area contributed by atoms with Gasteiger partial charge in [-0.25, -0.2) is 9.78 Å². The third kappa shape index (κ3) is 4.22. The average Bonchev–Trinajstić information content (AvgIpc) is 3.06. The summed E-state index contributed by atoms with van der Waals surface area (Å²) in [6.07, 6.45) is 1.99. The van der Waals surface area contributed by atoms with Gasteiger partial charge in [0, 0.05) is 11.8 Å². The Balaban J connectivity index is 1.69. The van der Waals surface area contributed by atoms with E-state index in [4.69, 9.17) is 9.57 Å². The fraction of sp³-hybridized carbons (Fsp3) is 0.217. The van der Waals surface area contributed by atoms with Gasteiger partial charge in [0.2, 0.25) is 5.91 Å². The van der Waals surface area contributed by atoms with E-state index in [1.54, 1.807) is 24.3 Å². The van der Waals surface area contributed by atoms with E-state index in [-0.39, 0.29) is 39.9 Å². The van der Waals surface area contributed by atoms with E-state index in [0.29, 0.717) is 16.9 Å². The summed E-state index contributed by atoms with van der Waals surface area (Å²) >= 11 is 0. The second-order valence-electron chi connectivity index (χ2n) is 7.27. The van der Waals surface area contributed by atoms with E-state index in [1.807, 2.05) is 6.92 Å². The van der Waals surface area contributed by atoms with Crippen molar-refractivity contribution in [1.29, 1.82) is 0 Å². The fourth-order valence-corrected chi connectivity index (χ4v) is 3.31. The number of fused-ring (bicyclic) bond motifs is 2. The highest BCUT2D eigenvalue weighted by molar-refractivity contribution is 6.20. The molecule has 0 saturated carbocycles. The lowest BCUT2D eigenvalue weighted by Crippen LogP contribution is -2.34. The van der Waals surface area contributed by atoms with Crippen LogP contribution in [0.15, 0.2) is 42.5 Å². The molecule has 3 aromatic rings. The molecule has 0 unspecified atom stereocenters. The maximum absolute atomic E-state index is 12.7. The Labute approximate surface area is 188 Å². The summed E-state index contributed by atoms with van der Waals surface area (Å²) in [4.78, 5) is 63.7. The van der Waals surface area contributed by atoms with Gasteiger partial charge in [-0.2, -0.15) is 4.98 Å². The van der Waals surface area contributed by atoms with Crippen LogP contribution in [0, 0.1) is 0 Å². The highest BCUT2D eigenvalue weighted by Gasteiger charge is 2.38. The van der Waals surface area contributed by atoms with Crippen molar-refractivity contribution in [2.24, 2.45) is 0 Å². The van der Waals surface area contributed by atoms with Crippen LogP contribution in [0.4, 0.5) is 5.82 Å². The van der Waals surface area contributed by atoms with Crippen LogP contribution in [-0.4, -0.2) is 45.8 Å². The van der Waals surface area contributed by atoms with Crippen LogP contribution in [0.3, 0.4) is 0 Å². The second-order valence-corrected chi connectivity index (χ2v) is 7.27. The minimum atomic E-state index is -0.770. The third-order valence-corrected chi connectivity index (χ3v) is 5.01. The molecule has 4 rings (SSSR count). The van der Waals surface area contributed by atoms with Gasteiger partial charge in [-0.05, 0) is 36.8 Å². The van der Waals surface area contributed by atoms with Crippen LogP contribution in [-0.2, 0) is 9.53 Å². The summed E-state index contributed by atoms with van der Waals surface area (Å²) < 4.78 is 4.79. The number of benzene rings is 1. The monoisotopic (exact) mass is 448 g/mol. The number of ether oxygens (including phenoxy) is 1. The molecule has 0 atom stereocenters. The SMILES string of the molecule is CCCCC(=O)Nc1ccc2cc(C(=O)OC)c(ON3C(=O)c4ccccc4C3=O)nc2n1. The number of hydroxylamine groups is 2. The number of carbonyl (C=O) groups is 4. The van der Waals surface area contributed by atoms with Crippen LogP contribution in [0.25, 0.3) is 11.0 Å². The smallest absolute Gasteiger partial charge is 0.343 e. The molecule has 1 aromatic carbocycles. The molecule has 0 radical (unpaired) electrons. The molecule has 10 heteroatoms. The van der Waals surface area contributed by atoms with Crippen molar-refractivity contribution in [3.05, 3.63) is 59.2 Å². The van der Waals surface area contributed by atoms with Gasteiger partial charge in [-0.3, -0.25) is 14.4 Å². The Morgan fingerprint density at radius 2 is 1.73 bits per heavy atom. The molecular formula is C23H20N4O6. The zero-order chi connectivity index (χ0) is 23.5. The van der Waals surface area contributed by atoms with Gasteiger partial charge in [-0.15, -0.1) is 0 Å². The van der Waals surface area contributed by atoms with Crippen molar-refractivity contribution in [3.63, 3.8) is 0 Å². The van der Waals surface area contributed by atoms with Crippen LogP contribution in [0.2, 0.25) is 0 Å². The second kappa shape index (κ2) is 9.03. The predicted molar refractivity (Wildman–Crippen MR) is 117 cm³/mol. The Morgan fingerprint density at radius 3 is 2.36 bits per heavy atom. The van der Waals surface area contributed by atoms with E-state index >= 15 is 0 Å². The van der Waals surface area contributed by atoms with Gasteiger partial charge in [-0.1, -0.05) is 30.5 Å². The molecule has 1 aliphatic rings. The summed E-state index contributed by atoms with van der Waals surface area (Å²) in [6.45, 7) is 1.99. The number of pyridine rings is 2. The number of nitrogens with one attached hydrogen (secondary N) is 1. The van der Waals surface area contributed by atoms with Crippen LogP contribution < -0.4 is 10.2 Å². The van der Waals surface area contributed by atoms with Gasteiger partial charge in [0.15, 0.2) is 5.65 Å². The van der Waals surface area contributed by atoms with Crippen molar-refractivity contribution in [3.8, 4) is 5.88 Å². The number of rotatable bonds is 7.